The van der Waals surface area contributed by atoms with E-state index < -0.39 is 31.5 Å². The Morgan fingerprint density at radius 1 is 1.42 bits per heavy atom. The van der Waals surface area contributed by atoms with E-state index in [0.29, 0.717) is 0 Å². The lowest BCUT2D eigenvalue weighted by Crippen LogP contribution is -2.53. The van der Waals surface area contributed by atoms with Gasteiger partial charge in [-0.05, 0) is 0 Å². The van der Waals surface area contributed by atoms with Gasteiger partial charge in [-0.3, -0.25) is 0 Å². The molecule has 2 unspecified atom stereocenters. The molecule has 0 saturated carbocycles. The molecule has 0 radical (unpaired) electrons. The second kappa shape index (κ2) is 2.84. The molecule has 0 bridgehead atoms. The van der Waals surface area contributed by atoms with Crippen LogP contribution < -0.4 is 0 Å². The smallest absolute Gasteiger partial charge is 0.368 e. The Bertz CT molecular complexity index is 171. The molecule has 72 valence electrons. The molecule has 0 aromatic carbocycles. The molecule has 7 heteroatoms. The standard InChI is InChI=1S/C5H7F3O4/c6-5(7,8)4(10)1-3(9)11-2-12-4/h3,9-10H,1-2H2. The molecule has 1 rings (SSSR count). The zero-order valence-electron chi connectivity index (χ0n) is 5.84. The lowest BCUT2D eigenvalue weighted by Gasteiger charge is -2.35. The number of aliphatic hydroxyl groups excluding tert-OH is 1. The maximum atomic E-state index is 12.0. The van der Waals surface area contributed by atoms with E-state index in [1.54, 1.807) is 0 Å². The highest BCUT2D eigenvalue weighted by Crippen LogP contribution is 2.37. The van der Waals surface area contributed by atoms with E-state index in [2.05, 4.69) is 9.47 Å². The van der Waals surface area contributed by atoms with Crippen LogP contribution in [0.3, 0.4) is 0 Å². The third-order valence-electron chi connectivity index (χ3n) is 1.45. The van der Waals surface area contributed by atoms with Crippen molar-refractivity contribution in [1.29, 1.82) is 0 Å². The molecule has 1 fully saturated rings. The molecule has 0 aromatic heterocycles. The Morgan fingerprint density at radius 3 is 2.33 bits per heavy atom. The van der Waals surface area contributed by atoms with Crippen molar-refractivity contribution in [3.63, 3.8) is 0 Å². The van der Waals surface area contributed by atoms with Gasteiger partial charge in [0.25, 0.3) is 5.79 Å². The zero-order valence-corrected chi connectivity index (χ0v) is 5.84. The summed E-state index contributed by atoms with van der Waals surface area (Å²) in [6.45, 7) is -0.781. The average molecular weight is 188 g/mol. The van der Waals surface area contributed by atoms with Crippen LogP contribution in [0.4, 0.5) is 13.2 Å². The maximum Gasteiger partial charge on any atom is 0.443 e. The first kappa shape index (κ1) is 9.72. The zero-order chi connectivity index (χ0) is 9.41. The Morgan fingerprint density at radius 2 is 2.00 bits per heavy atom. The van der Waals surface area contributed by atoms with Crippen LogP contribution in [-0.2, 0) is 9.47 Å². The fraction of sp³-hybridized carbons (Fsp3) is 1.00. The SMILES string of the molecule is OC1CC(O)(C(F)(F)F)OCO1. The Hall–Kier alpha value is -0.370. The van der Waals surface area contributed by atoms with Crippen LogP contribution in [0.2, 0.25) is 0 Å². The van der Waals surface area contributed by atoms with E-state index in [4.69, 9.17) is 10.2 Å². The Balaban J connectivity index is 2.70. The number of aliphatic hydroxyl groups is 2. The summed E-state index contributed by atoms with van der Waals surface area (Å²) in [6.07, 6.45) is -7.60. The molecule has 0 aromatic rings. The van der Waals surface area contributed by atoms with E-state index in [-0.39, 0.29) is 0 Å². The van der Waals surface area contributed by atoms with Gasteiger partial charge < -0.3 is 19.7 Å². The van der Waals surface area contributed by atoms with E-state index in [1.165, 1.54) is 0 Å². The molecule has 0 spiro atoms. The van der Waals surface area contributed by atoms with Gasteiger partial charge in [0.05, 0.1) is 6.42 Å². The summed E-state index contributed by atoms with van der Waals surface area (Å²) in [6, 6.07) is 0. The molecule has 1 saturated heterocycles. The van der Waals surface area contributed by atoms with Crippen molar-refractivity contribution in [3.8, 4) is 0 Å². The Labute approximate surface area is 65.5 Å². The molecule has 12 heavy (non-hydrogen) atoms. The number of hydrogen-bond acceptors (Lipinski definition) is 4. The van der Waals surface area contributed by atoms with Gasteiger partial charge in [-0.15, -0.1) is 0 Å². The van der Waals surface area contributed by atoms with Crippen molar-refractivity contribution in [3.05, 3.63) is 0 Å². The summed E-state index contributed by atoms with van der Waals surface area (Å²) in [5.41, 5.74) is 0. The molecule has 1 heterocycles. The predicted molar refractivity (Wildman–Crippen MR) is 28.7 cm³/mol. The minimum Gasteiger partial charge on any atom is -0.368 e. The largest absolute Gasteiger partial charge is 0.443 e. The summed E-state index contributed by atoms with van der Waals surface area (Å²) in [4.78, 5) is 0. The molecular weight excluding hydrogens is 181 g/mol. The monoisotopic (exact) mass is 188 g/mol. The summed E-state index contributed by atoms with van der Waals surface area (Å²) < 4.78 is 44.1. The van der Waals surface area contributed by atoms with Crippen LogP contribution in [0.25, 0.3) is 0 Å². The van der Waals surface area contributed by atoms with Crippen LogP contribution >= 0.6 is 0 Å². The fourth-order valence-electron chi connectivity index (χ4n) is 0.762. The molecule has 4 nitrogen and oxygen atoms in total. The highest BCUT2D eigenvalue weighted by Gasteiger charge is 2.58. The third kappa shape index (κ3) is 1.69. The van der Waals surface area contributed by atoms with Crippen molar-refractivity contribution in [2.45, 2.75) is 24.7 Å². The summed E-state index contributed by atoms with van der Waals surface area (Å²) >= 11 is 0. The number of halogens is 3. The quantitative estimate of drug-likeness (QED) is 0.559. The fourth-order valence-corrected chi connectivity index (χ4v) is 0.762. The van der Waals surface area contributed by atoms with Gasteiger partial charge in [0.1, 0.15) is 0 Å². The van der Waals surface area contributed by atoms with E-state index in [1.807, 2.05) is 0 Å². The van der Waals surface area contributed by atoms with Gasteiger partial charge in [-0.1, -0.05) is 0 Å². The first-order chi connectivity index (χ1) is 5.35. The first-order valence-corrected chi connectivity index (χ1v) is 3.08. The maximum absolute atomic E-state index is 12.0. The summed E-state index contributed by atoms with van der Waals surface area (Å²) in [5.74, 6) is -3.29. The van der Waals surface area contributed by atoms with Gasteiger partial charge in [0.2, 0.25) is 0 Å². The van der Waals surface area contributed by atoms with Crippen LogP contribution in [0.1, 0.15) is 6.42 Å². The summed E-state index contributed by atoms with van der Waals surface area (Å²) in [5, 5.41) is 17.4. The minimum absolute atomic E-state index is 0.781. The van der Waals surface area contributed by atoms with Crippen molar-refractivity contribution in [1.82, 2.24) is 0 Å². The topological polar surface area (TPSA) is 58.9 Å². The molecule has 0 aliphatic carbocycles. The number of alkyl halides is 3. The van der Waals surface area contributed by atoms with E-state index >= 15 is 0 Å². The van der Waals surface area contributed by atoms with E-state index in [9.17, 15) is 13.2 Å². The molecule has 1 aliphatic rings. The van der Waals surface area contributed by atoms with Crippen molar-refractivity contribution in [2.75, 3.05) is 6.79 Å². The average Bonchev–Trinajstić information content (AvgIpc) is 1.83. The second-order valence-corrected chi connectivity index (χ2v) is 2.37. The first-order valence-electron chi connectivity index (χ1n) is 3.08. The lowest BCUT2D eigenvalue weighted by molar-refractivity contribution is -0.427. The molecule has 0 amide bonds. The highest BCUT2D eigenvalue weighted by molar-refractivity contribution is 4.79. The second-order valence-electron chi connectivity index (χ2n) is 2.37. The minimum atomic E-state index is -4.92. The molecule has 1 aliphatic heterocycles. The highest BCUT2D eigenvalue weighted by atomic mass is 19.4. The lowest BCUT2D eigenvalue weighted by atomic mass is 10.1. The predicted octanol–water partition coefficient (Wildman–Crippen LogP) is -0.0499. The normalized spacial score (nSPS) is 38.2. The van der Waals surface area contributed by atoms with Crippen LogP contribution in [0.15, 0.2) is 0 Å². The number of hydrogen-bond donors (Lipinski definition) is 2. The van der Waals surface area contributed by atoms with Gasteiger partial charge in [-0.2, -0.15) is 13.2 Å². The van der Waals surface area contributed by atoms with Crippen LogP contribution in [0, 0.1) is 0 Å². The number of rotatable bonds is 0. The molecule has 2 atom stereocenters. The van der Waals surface area contributed by atoms with Crippen molar-refractivity contribution in [2.24, 2.45) is 0 Å². The van der Waals surface area contributed by atoms with Crippen molar-refractivity contribution < 1.29 is 32.9 Å². The van der Waals surface area contributed by atoms with Gasteiger partial charge >= 0.3 is 6.18 Å². The van der Waals surface area contributed by atoms with E-state index in [0.717, 1.165) is 0 Å². The number of ether oxygens (including phenoxy) is 2. The summed E-state index contributed by atoms with van der Waals surface area (Å²) in [7, 11) is 0. The van der Waals surface area contributed by atoms with Crippen LogP contribution in [-0.4, -0.2) is 35.3 Å². The molecular formula is C5H7F3O4. The van der Waals surface area contributed by atoms with Gasteiger partial charge in [-0.25, -0.2) is 0 Å². The van der Waals surface area contributed by atoms with Crippen LogP contribution in [0.5, 0.6) is 0 Å². The van der Waals surface area contributed by atoms with Gasteiger partial charge in [0, 0.05) is 0 Å². The van der Waals surface area contributed by atoms with Gasteiger partial charge in [0.15, 0.2) is 13.1 Å². The Kier molecular flexibility index (Phi) is 2.30. The third-order valence-corrected chi connectivity index (χ3v) is 1.45. The molecule has 2 N–H and O–H groups in total. The van der Waals surface area contributed by atoms with Crippen molar-refractivity contribution >= 4 is 0 Å².